The maximum atomic E-state index is 12.9. The SMILES string of the molecule is CCOC(=O)c1sc(NC(=O)C(C)Cn2nc(C(F)(F)F)cc2C)c(C(=O)OC(C)C)c1C. The average molecular weight is 490 g/mol. The normalized spacial score (nSPS) is 12.5. The van der Waals surface area contributed by atoms with E-state index in [1.54, 1.807) is 27.7 Å². The van der Waals surface area contributed by atoms with E-state index in [0.29, 0.717) is 5.56 Å². The van der Waals surface area contributed by atoms with Crippen LogP contribution in [0.15, 0.2) is 6.07 Å². The molecule has 0 saturated carbocycles. The molecule has 0 aromatic carbocycles. The number of hydrogen-bond acceptors (Lipinski definition) is 7. The van der Waals surface area contributed by atoms with E-state index < -0.39 is 41.7 Å². The second kappa shape index (κ2) is 10.4. The Labute approximate surface area is 193 Å². The lowest BCUT2D eigenvalue weighted by Crippen LogP contribution is -2.26. The third-order valence-corrected chi connectivity index (χ3v) is 5.74. The number of rotatable bonds is 8. The molecule has 1 atom stereocenters. The highest BCUT2D eigenvalue weighted by Crippen LogP contribution is 2.35. The van der Waals surface area contributed by atoms with Gasteiger partial charge in [-0.25, -0.2) is 9.59 Å². The first-order chi connectivity index (χ1) is 15.3. The van der Waals surface area contributed by atoms with Crippen molar-refractivity contribution < 1.29 is 37.0 Å². The van der Waals surface area contributed by atoms with Gasteiger partial charge in [-0.05, 0) is 46.2 Å². The van der Waals surface area contributed by atoms with E-state index in [1.165, 1.54) is 13.8 Å². The van der Waals surface area contributed by atoms with Crippen LogP contribution >= 0.6 is 11.3 Å². The van der Waals surface area contributed by atoms with Crippen molar-refractivity contribution in [1.29, 1.82) is 0 Å². The number of nitrogens with zero attached hydrogens (tertiary/aromatic N) is 2. The molecule has 1 N–H and O–H groups in total. The molecular weight excluding hydrogens is 463 g/mol. The topological polar surface area (TPSA) is 99.5 Å². The van der Waals surface area contributed by atoms with Crippen molar-refractivity contribution in [3.63, 3.8) is 0 Å². The van der Waals surface area contributed by atoms with Crippen molar-refractivity contribution in [2.75, 3.05) is 11.9 Å². The molecule has 0 aliphatic heterocycles. The van der Waals surface area contributed by atoms with Crippen molar-refractivity contribution in [2.45, 2.75) is 60.4 Å². The van der Waals surface area contributed by atoms with Gasteiger partial charge in [0.15, 0.2) is 5.69 Å². The largest absolute Gasteiger partial charge is 0.462 e. The van der Waals surface area contributed by atoms with Gasteiger partial charge in [-0.15, -0.1) is 11.3 Å². The molecule has 33 heavy (non-hydrogen) atoms. The number of hydrogen-bond donors (Lipinski definition) is 1. The lowest BCUT2D eigenvalue weighted by molar-refractivity contribution is -0.141. The lowest BCUT2D eigenvalue weighted by Gasteiger charge is -2.14. The first kappa shape index (κ1) is 26.4. The van der Waals surface area contributed by atoms with Gasteiger partial charge < -0.3 is 14.8 Å². The van der Waals surface area contributed by atoms with Crippen LogP contribution in [0, 0.1) is 19.8 Å². The molecule has 0 aliphatic rings. The van der Waals surface area contributed by atoms with Crippen LogP contribution in [0.2, 0.25) is 0 Å². The number of thiophene rings is 1. The van der Waals surface area contributed by atoms with E-state index in [0.717, 1.165) is 22.1 Å². The summed E-state index contributed by atoms with van der Waals surface area (Å²) in [6.45, 7) is 9.49. The summed E-state index contributed by atoms with van der Waals surface area (Å²) in [6.07, 6.45) is -5.03. The maximum Gasteiger partial charge on any atom is 0.435 e. The van der Waals surface area contributed by atoms with Gasteiger partial charge >= 0.3 is 18.1 Å². The van der Waals surface area contributed by atoms with Gasteiger partial charge in [0.1, 0.15) is 9.88 Å². The maximum absolute atomic E-state index is 12.9. The van der Waals surface area contributed by atoms with E-state index in [1.807, 2.05) is 0 Å². The molecule has 0 saturated heterocycles. The summed E-state index contributed by atoms with van der Waals surface area (Å²) in [6, 6.07) is 0.902. The van der Waals surface area contributed by atoms with E-state index in [-0.39, 0.29) is 34.3 Å². The zero-order valence-electron chi connectivity index (χ0n) is 19.1. The molecule has 0 aliphatic carbocycles. The molecular formula is C21H26F3N3O5S. The second-order valence-electron chi connectivity index (χ2n) is 7.68. The molecule has 1 amide bonds. The Morgan fingerprint density at radius 2 is 1.82 bits per heavy atom. The number of carbonyl (C=O) groups is 3. The standard InChI is InChI=1S/C21H26F3N3O5S/c1-7-31-20(30)16-13(6)15(19(29)32-10(2)3)18(33-16)25-17(28)11(4)9-27-12(5)8-14(26-27)21(22,23)24/h8,10-11H,7,9H2,1-6H3,(H,25,28). The van der Waals surface area contributed by atoms with Gasteiger partial charge in [-0.2, -0.15) is 18.3 Å². The molecule has 2 heterocycles. The third-order valence-electron chi connectivity index (χ3n) is 4.56. The van der Waals surface area contributed by atoms with Gasteiger partial charge in [0.05, 0.1) is 30.7 Å². The Hall–Kier alpha value is -2.89. The summed E-state index contributed by atoms with van der Waals surface area (Å²) in [7, 11) is 0. The fourth-order valence-electron chi connectivity index (χ4n) is 2.92. The van der Waals surface area contributed by atoms with Crippen LogP contribution in [-0.2, 0) is 27.0 Å². The highest BCUT2D eigenvalue weighted by Gasteiger charge is 2.35. The Bertz CT molecular complexity index is 1040. The molecule has 0 spiro atoms. The molecule has 0 radical (unpaired) electrons. The number of nitrogens with one attached hydrogen (secondary N) is 1. The summed E-state index contributed by atoms with van der Waals surface area (Å²) in [4.78, 5) is 37.9. The number of aromatic nitrogens is 2. The Balaban J connectivity index is 2.30. The molecule has 1 unspecified atom stereocenters. The number of esters is 2. The number of ether oxygens (including phenoxy) is 2. The van der Waals surface area contributed by atoms with Crippen molar-refractivity contribution in [3.8, 4) is 0 Å². The fourth-order valence-corrected chi connectivity index (χ4v) is 4.01. The Kier molecular flexibility index (Phi) is 8.28. The molecule has 2 aromatic rings. The average Bonchev–Trinajstić information content (AvgIpc) is 3.21. The van der Waals surface area contributed by atoms with Gasteiger partial charge in [0.2, 0.25) is 5.91 Å². The minimum atomic E-state index is -4.59. The van der Waals surface area contributed by atoms with E-state index >= 15 is 0 Å². The molecule has 0 bridgehead atoms. The number of halogens is 3. The van der Waals surface area contributed by atoms with Crippen LogP contribution in [0.5, 0.6) is 0 Å². The number of amides is 1. The van der Waals surface area contributed by atoms with Crippen molar-refractivity contribution in [3.05, 3.63) is 33.5 Å². The molecule has 2 rings (SSSR count). The highest BCUT2D eigenvalue weighted by atomic mass is 32.1. The fraction of sp³-hybridized carbons (Fsp3) is 0.524. The quantitative estimate of drug-likeness (QED) is 0.544. The Morgan fingerprint density at radius 3 is 2.33 bits per heavy atom. The molecule has 182 valence electrons. The molecule has 12 heteroatoms. The number of anilines is 1. The van der Waals surface area contributed by atoms with Gasteiger partial charge in [0, 0.05) is 5.69 Å². The Morgan fingerprint density at radius 1 is 1.18 bits per heavy atom. The monoisotopic (exact) mass is 489 g/mol. The summed E-state index contributed by atoms with van der Waals surface area (Å²) in [5, 5.41) is 6.24. The highest BCUT2D eigenvalue weighted by molar-refractivity contribution is 7.18. The van der Waals surface area contributed by atoms with Crippen LogP contribution in [0.4, 0.5) is 18.2 Å². The first-order valence-electron chi connectivity index (χ1n) is 10.2. The zero-order chi connectivity index (χ0) is 25.1. The van der Waals surface area contributed by atoms with Gasteiger partial charge in [-0.1, -0.05) is 6.92 Å². The van der Waals surface area contributed by atoms with Crippen LogP contribution < -0.4 is 5.32 Å². The smallest absolute Gasteiger partial charge is 0.435 e. The number of carbonyl (C=O) groups excluding carboxylic acids is 3. The molecule has 2 aromatic heterocycles. The number of alkyl halides is 3. The van der Waals surface area contributed by atoms with Gasteiger partial charge in [-0.3, -0.25) is 9.48 Å². The van der Waals surface area contributed by atoms with Crippen molar-refractivity contribution in [1.82, 2.24) is 9.78 Å². The van der Waals surface area contributed by atoms with Crippen LogP contribution in [0.3, 0.4) is 0 Å². The van der Waals surface area contributed by atoms with Crippen LogP contribution in [0.1, 0.15) is 64.7 Å². The summed E-state index contributed by atoms with van der Waals surface area (Å²) >= 11 is 0.874. The predicted octanol–water partition coefficient (Wildman–Crippen LogP) is 4.60. The lowest BCUT2D eigenvalue weighted by atomic mass is 10.1. The first-order valence-corrected chi connectivity index (χ1v) is 11.0. The second-order valence-corrected chi connectivity index (χ2v) is 8.70. The minimum absolute atomic E-state index is 0.0342. The summed E-state index contributed by atoms with van der Waals surface area (Å²) in [5.74, 6) is -2.71. The summed E-state index contributed by atoms with van der Waals surface area (Å²) in [5.41, 5.74) is -0.448. The predicted molar refractivity (Wildman–Crippen MR) is 115 cm³/mol. The van der Waals surface area contributed by atoms with Gasteiger partial charge in [0.25, 0.3) is 0 Å². The zero-order valence-corrected chi connectivity index (χ0v) is 19.9. The van der Waals surface area contributed by atoms with E-state index in [2.05, 4.69) is 10.4 Å². The van der Waals surface area contributed by atoms with Crippen LogP contribution in [-0.4, -0.2) is 40.3 Å². The minimum Gasteiger partial charge on any atom is -0.462 e. The molecule has 0 fully saturated rings. The van der Waals surface area contributed by atoms with E-state index in [4.69, 9.17) is 9.47 Å². The van der Waals surface area contributed by atoms with Crippen molar-refractivity contribution >= 4 is 34.2 Å². The van der Waals surface area contributed by atoms with Crippen molar-refractivity contribution in [2.24, 2.45) is 5.92 Å². The van der Waals surface area contributed by atoms with Crippen LogP contribution in [0.25, 0.3) is 0 Å². The number of aryl methyl sites for hydroxylation is 1. The third kappa shape index (κ3) is 6.34. The van der Waals surface area contributed by atoms with E-state index in [9.17, 15) is 27.6 Å². The summed E-state index contributed by atoms with van der Waals surface area (Å²) < 4.78 is 50.1. The molecule has 8 nitrogen and oxygen atoms in total.